The molecule has 82 heavy (non-hydrogen) atoms. The van der Waals surface area contributed by atoms with E-state index in [4.69, 9.17) is 14.3 Å². The standard InChI is InChI=1S/2C7H15N.6C6H14N2.3C4H9NO/c1-7-3-2-5-8-6-4-7;1-7-4-2-3-5-8-6-7;1-6-2-3-7-4-5-8-6;1-8-5-2-3-7-4-6-8;1-6-3-2-4-7-5-8-6;1-8-5-3-2-4-7-6-8;1-8-6-4-2-3-5-7-8;1-6-7-4-2-3-5-8-6;1-4-2-6-3-5-4;1-4-5-2-3-6-4;1-4-2-3-6-5-4/h2*7-8H,2-6H2,1H3;6-8H,2-5H2,1H3;7H,2-6H2,1H3;6-8H,2-5H2,1H3;2*7H,2-6H2,1H3;6-8H,2-5H2,1H3;3*4-5H,2-3H2,1H3. The summed E-state index contributed by atoms with van der Waals surface area (Å²) in [6, 6.07) is 2.57. The molecule has 7 unspecified atom stereocenters. The van der Waals surface area contributed by atoms with Crippen LogP contribution in [0.5, 0.6) is 0 Å². The van der Waals surface area contributed by atoms with Crippen molar-refractivity contribution in [1.29, 1.82) is 0 Å². The van der Waals surface area contributed by atoms with Crippen LogP contribution in [-0.2, 0) is 14.3 Å². The van der Waals surface area contributed by atoms with E-state index in [1.165, 1.54) is 201 Å². The zero-order valence-electron chi connectivity index (χ0n) is 55.6. The summed E-state index contributed by atoms with van der Waals surface area (Å²) < 4.78 is 9.99. The highest BCUT2D eigenvalue weighted by Gasteiger charge is 2.10. The molecule has 0 saturated carbocycles. The molecule has 11 rings (SSSR count). The monoisotopic (exact) mass is 1170 g/mol. The molecule has 0 amide bonds. The molecule has 492 valence electrons. The van der Waals surface area contributed by atoms with Crippen LogP contribution < -0.4 is 74.7 Å². The maximum absolute atomic E-state index is 5.04. The second kappa shape index (κ2) is 59.2. The number of hydrazine groups is 1. The Morgan fingerprint density at radius 3 is 1.71 bits per heavy atom. The van der Waals surface area contributed by atoms with Crippen LogP contribution >= 0.6 is 0 Å². The Hall–Kier alpha value is -0.800. The van der Waals surface area contributed by atoms with Crippen molar-refractivity contribution in [3.05, 3.63) is 0 Å². The van der Waals surface area contributed by atoms with Crippen LogP contribution in [0.2, 0.25) is 0 Å². The molecule has 0 aromatic carbocycles. The molecule has 7 atom stereocenters. The third kappa shape index (κ3) is 57.0. The molecule has 0 aliphatic carbocycles. The van der Waals surface area contributed by atoms with E-state index in [1.54, 1.807) is 0 Å². The van der Waals surface area contributed by atoms with Crippen LogP contribution in [0.1, 0.15) is 171 Å². The normalized spacial score (nSPS) is 29.8. The SMILES string of the molecule is CC1CCCCNC1.CC1CCCNCC1.CC1CCCNCN1.CC1CCNCCN1.CC1CCON1.CC1COCN1.CC1NCCCCN1.CC1NCCO1.CN1CCCCCN1.CN1CCCCNC1.CN1CCCNCC1. The fourth-order valence-corrected chi connectivity index (χ4v) is 9.78. The first kappa shape index (κ1) is 79.2. The second-order valence-corrected chi connectivity index (χ2v) is 24.7. The summed E-state index contributed by atoms with van der Waals surface area (Å²) in [6.45, 7) is 45.5. The van der Waals surface area contributed by atoms with Crippen molar-refractivity contribution < 1.29 is 14.3 Å². The number of nitrogens with one attached hydrogen (secondary N) is 14. The lowest BCUT2D eigenvalue weighted by atomic mass is 10.0. The largest absolute Gasteiger partial charge is 0.365 e. The van der Waals surface area contributed by atoms with Gasteiger partial charge in [0.05, 0.1) is 32.7 Å². The van der Waals surface area contributed by atoms with Crippen molar-refractivity contribution in [3.63, 3.8) is 0 Å². The topological polar surface area (TPSA) is 206 Å². The van der Waals surface area contributed by atoms with Gasteiger partial charge in [-0.15, -0.1) is 0 Å². The van der Waals surface area contributed by atoms with Gasteiger partial charge in [0.15, 0.2) is 0 Å². The third-order valence-electron chi connectivity index (χ3n) is 15.7. The van der Waals surface area contributed by atoms with Crippen LogP contribution in [0.3, 0.4) is 0 Å². The highest BCUT2D eigenvalue weighted by Crippen LogP contribution is 2.11. The number of likely N-dealkylation sites (N-methyl/N-ethyl adjacent to an activating group) is 1. The zero-order chi connectivity index (χ0) is 59.8. The number of rotatable bonds is 0. The average molecular weight is 1170 g/mol. The number of ether oxygens (including phenoxy) is 2. The van der Waals surface area contributed by atoms with Gasteiger partial charge in [0.2, 0.25) is 0 Å². The van der Waals surface area contributed by atoms with Crippen LogP contribution in [0.25, 0.3) is 0 Å². The first-order valence-electron chi connectivity index (χ1n) is 33.9. The summed E-state index contributed by atoms with van der Waals surface area (Å²) in [5.74, 6) is 1.88. The first-order valence-corrected chi connectivity index (χ1v) is 33.9. The summed E-state index contributed by atoms with van der Waals surface area (Å²) in [6.07, 6.45) is 25.0. The lowest BCUT2D eigenvalue weighted by Crippen LogP contribution is -2.37. The lowest BCUT2D eigenvalue weighted by molar-refractivity contribution is 0.0908. The second-order valence-electron chi connectivity index (χ2n) is 24.7. The van der Waals surface area contributed by atoms with Crippen molar-refractivity contribution in [2.24, 2.45) is 11.8 Å². The predicted octanol–water partition coefficient (Wildman–Crippen LogP) is 4.34. The first-order chi connectivity index (χ1) is 39.8. The van der Waals surface area contributed by atoms with Gasteiger partial charge in [0, 0.05) is 90.4 Å². The fourth-order valence-electron chi connectivity index (χ4n) is 9.78. The molecule has 0 bridgehead atoms. The van der Waals surface area contributed by atoms with Gasteiger partial charge in [-0.2, -0.15) is 5.48 Å². The summed E-state index contributed by atoms with van der Waals surface area (Å²) in [7, 11) is 6.43. The van der Waals surface area contributed by atoms with Gasteiger partial charge < -0.3 is 72.4 Å². The fraction of sp³-hybridized carbons (Fsp3) is 1.00. The van der Waals surface area contributed by atoms with Gasteiger partial charge in [-0.3, -0.25) is 21.0 Å². The molecule has 14 N–H and O–H groups in total. The Morgan fingerprint density at radius 2 is 1.02 bits per heavy atom. The molecule has 11 aliphatic heterocycles. The van der Waals surface area contributed by atoms with E-state index in [9.17, 15) is 0 Å². The predicted molar refractivity (Wildman–Crippen MR) is 350 cm³/mol. The Bertz CT molecular complexity index is 963. The minimum absolute atomic E-state index is 0.296. The molecular formula is C62H141N17O3. The van der Waals surface area contributed by atoms with E-state index in [-0.39, 0.29) is 0 Å². The summed E-state index contributed by atoms with van der Waals surface area (Å²) in [4.78, 5) is 9.48. The Balaban J connectivity index is 0.000000452. The summed E-state index contributed by atoms with van der Waals surface area (Å²) in [5, 5.41) is 41.8. The minimum Gasteiger partial charge on any atom is -0.365 e. The molecule has 20 nitrogen and oxygen atoms in total. The van der Waals surface area contributed by atoms with E-state index < -0.39 is 0 Å². The molecule has 0 aromatic rings. The quantitative estimate of drug-likeness (QED) is 0.163. The van der Waals surface area contributed by atoms with E-state index in [0.29, 0.717) is 36.6 Å². The molecule has 0 spiro atoms. The molecule has 0 aromatic heterocycles. The third-order valence-corrected chi connectivity index (χ3v) is 15.7. The van der Waals surface area contributed by atoms with Gasteiger partial charge in [0.1, 0.15) is 6.23 Å². The smallest absolute Gasteiger partial charge is 0.105 e. The van der Waals surface area contributed by atoms with E-state index in [1.807, 2.05) is 6.92 Å². The average Bonchev–Trinajstić information content (AvgIpc) is 3.75. The van der Waals surface area contributed by atoms with Crippen molar-refractivity contribution in [3.8, 4) is 0 Å². The highest BCUT2D eigenvalue weighted by molar-refractivity contribution is 4.69. The molecule has 11 saturated heterocycles. The number of nitrogens with zero attached hydrogens (tertiary/aromatic N) is 3. The van der Waals surface area contributed by atoms with Crippen LogP contribution in [-0.4, -0.2) is 237 Å². The van der Waals surface area contributed by atoms with Gasteiger partial charge in [-0.1, -0.05) is 26.7 Å². The Labute approximate surface area is 506 Å². The van der Waals surface area contributed by atoms with Gasteiger partial charge in [-0.25, -0.2) is 5.01 Å². The van der Waals surface area contributed by atoms with E-state index >= 15 is 0 Å². The van der Waals surface area contributed by atoms with Crippen molar-refractivity contribution in [2.45, 2.75) is 208 Å². The Morgan fingerprint density at radius 1 is 0.378 bits per heavy atom. The van der Waals surface area contributed by atoms with Crippen LogP contribution in [0, 0.1) is 11.8 Å². The van der Waals surface area contributed by atoms with Crippen molar-refractivity contribution in [1.82, 2.24) is 89.5 Å². The maximum atomic E-state index is 5.04. The van der Waals surface area contributed by atoms with Gasteiger partial charge in [-0.05, 0) is 249 Å². The van der Waals surface area contributed by atoms with Gasteiger partial charge >= 0.3 is 0 Å². The van der Waals surface area contributed by atoms with Crippen molar-refractivity contribution >= 4 is 0 Å². The van der Waals surface area contributed by atoms with E-state index in [2.05, 4.69) is 159 Å². The molecule has 11 fully saturated rings. The number of hydroxylamine groups is 1. The van der Waals surface area contributed by atoms with Gasteiger partial charge in [0.25, 0.3) is 0 Å². The van der Waals surface area contributed by atoms with Crippen LogP contribution in [0.15, 0.2) is 0 Å². The molecular weight excluding hydrogens is 1030 g/mol. The van der Waals surface area contributed by atoms with Crippen LogP contribution in [0.4, 0.5) is 0 Å². The van der Waals surface area contributed by atoms with Crippen molar-refractivity contribution in [2.75, 3.05) is 185 Å². The zero-order valence-corrected chi connectivity index (χ0v) is 55.6. The summed E-state index contributed by atoms with van der Waals surface area (Å²) in [5.41, 5.74) is 6.10. The summed E-state index contributed by atoms with van der Waals surface area (Å²) >= 11 is 0. The molecule has 0 radical (unpaired) electrons. The number of hydrogen-bond donors (Lipinski definition) is 14. The molecule has 20 heteroatoms. The minimum atomic E-state index is 0.296. The maximum Gasteiger partial charge on any atom is 0.105 e. The highest BCUT2D eigenvalue weighted by atomic mass is 16.7. The van der Waals surface area contributed by atoms with E-state index in [0.717, 1.165) is 90.9 Å². The number of hydrogen-bond acceptors (Lipinski definition) is 20. The Kier molecular flexibility index (Phi) is 57.2. The molecule has 11 heterocycles. The lowest BCUT2D eigenvalue weighted by Gasteiger charge is -2.12. The molecule has 11 aliphatic rings.